The van der Waals surface area contributed by atoms with Crippen LogP contribution in [0.25, 0.3) is 11.1 Å². The number of aliphatic carboxylic acids is 1. The minimum Gasteiger partial charge on any atom is -0.475 e. The Morgan fingerprint density at radius 3 is 2.07 bits per heavy atom. The minimum absolute atomic E-state index is 0.115. The highest BCUT2D eigenvalue weighted by Crippen LogP contribution is 2.19. The molecule has 0 aromatic heterocycles. The van der Waals surface area contributed by atoms with Crippen molar-refractivity contribution in [1.82, 2.24) is 4.90 Å². The van der Waals surface area contributed by atoms with Gasteiger partial charge in [-0.25, -0.2) is 4.79 Å². The predicted octanol–water partition coefficient (Wildman–Crippen LogP) is 3.60. The van der Waals surface area contributed by atoms with Crippen LogP contribution in [0.2, 0.25) is 0 Å². The van der Waals surface area contributed by atoms with Gasteiger partial charge in [-0.1, -0.05) is 54.6 Å². The van der Waals surface area contributed by atoms with Gasteiger partial charge in [-0.2, -0.15) is 13.2 Å². The van der Waals surface area contributed by atoms with Gasteiger partial charge >= 0.3 is 12.1 Å². The molecule has 0 radical (unpaired) electrons. The van der Waals surface area contributed by atoms with Crippen LogP contribution in [0.1, 0.15) is 12.0 Å². The number of aliphatic hydroxyl groups is 1. The van der Waals surface area contributed by atoms with Crippen molar-refractivity contribution in [3.63, 3.8) is 0 Å². The maximum absolute atomic E-state index is 10.6. The molecule has 27 heavy (non-hydrogen) atoms. The van der Waals surface area contributed by atoms with Crippen LogP contribution in [0.4, 0.5) is 13.2 Å². The van der Waals surface area contributed by atoms with Gasteiger partial charge in [-0.05, 0) is 29.5 Å². The number of carbonyl (C=O) groups is 1. The van der Waals surface area contributed by atoms with Crippen molar-refractivity contribution in [2.75, 3.05) is 19.6 Å². The molecule has 1 heterocycles. The third-order valence-electron chi connectivity index (χ3n) is 4.27. The second kappa shape index (κ2) is 9.53. The quantitative estimate of drug-likeness (QED) is 0.850. The largest absolute Gasteiger partial charge is 0.490 e. The Hall–Kier alpha value is -2.38. The second-order valence-corrected chi connectivity index (χ2v) is 6.36. The molecule has 3 rings (SSSR count). The number of hydrogen-bond donors (Lipinski definition) is 2. The number of carboxylic acid groups (broad SMARTS) is 1. The van der Waals surface area contributed by atoms with Crippen LogP contribution in [0.5, 0.6) is 0 Å². The highest BCUT2D eigenvalue weighted by atomic mass is 19.4. The number of aliphatic hydroxyl groups excluding tert-OH is 1. The van der Waals surface area contributed by atoms with E-state index in [4.69, 9.17) is 9.90 Å². The molecule has 7 heteroatoms. The molecule has 146 valence electrons. The summed E-state index contributed by atoms with van der Waals surface area (Å²) in [6.45, 7) is 2.91. The van der Waals surface area contributed by atoms with Gasteiger partial charge in [0.05, 0.1) is 6.10 Å². The Balaban J connectivity index is 0.000000321. The maximum atomic E-state index is 10.6. The Labute approximate surface area is 155 Å². The fraction of sp³-hybridized carbons (Fsp3) is 0.350. The summed E-state index contributed by atoms with van der Waals surface area (Å²) in [7, 11) is 0. The van der Waals surface area contributed by atoms with E-state index in [9.17, 15) is 18.3 Å². The lowest BCUT2D eigenvalue weighted by molar-refractivity contribution is -0.192. The van der Waals surface area contributed by atoms with Gasteiger partial charge in [0.15, 0.2) is 0 Å². The number of alkyl halides is 3. The lowest BCUT2D eigenvalue weighted by Gasteiger charge is -2.14. The van der Waals surface area contributed by atoms with Gasteiger partial charge in [0.25, 0.3) is 0 Å². The zero-order valence-electron chi connectivity index (χ0n) is 14.7. The van der Waals surface area contributed by atoms with E-state index < -0.39 is 12.1 Å². The predicted molar refractivity (Wildman–Crippen MR) is 96.3 cm³/mol. The van der Waals surface area contributed by atoms with E-state index >= 15 is 0 Å². The van der Waals surface area contributed by atoms with E-state index in [0.717, 1.165) is 32.5 Å². The number of benzene rings is 2. The van der Waals surface area contributed by atoms with Gasteiger partial charge in [-0.15, -0.1) is 0 Å². The summed E-state index contributed by atoms with van der Waals surface area (Å²) in [4.78, 5) is 11.2. The summed E-state index contributed by atoms with van der Waals surface area (Å²) >= 11 is 0. The van der Waals surface area contributed by atoms with E-state index in [1.165, 1.54) is 16.7 Å². The van der Waals surface area contributed by atoms with E-state index in [1.807, 2.05) is 6.07 Å². The summed E-state index contributed by atoms with van der Waals surface area (Å²) < 4.78 is 31.7. The number of rotatable bonds is 4. The topological polar surface area (TPSA) is 60.8 Å². The smallest absolute Gasteiger partial charge is 0.475 e. The highest BCUT2D eigenvalue weighted by Gasteiger charge is 2.38. The molecular weight excluding hydrogens is 359 g/mol. The van der Waals surface area contributed by atoms with Crippen LogP contribution in [0.3, 0.4) is 0 Å². The van der Waals surface area contributed by atoms with Crippen LogP contribution in [-0.4, -0.2) is 53.0 Å². The van der Waals surface area contributed by atoms with Gasteiger partial charge < -0.3 is 15.1 Å². The minimum atomic E-state index is -5.08. The molecule has 1 saturated heterocycles. The first-order valence-corrected chi connectivity index (χ1v) is 8.60. The molecule has 1 aliphatic heterocycles. The Morgan fingerprint density at radius 2 is 1.59 bits per heavy atom. The number of nitrogens with zero attached hydrogens (tertiary/aromatic N) is 1. The summed E-state index contributed by atoms with van der Waals surface area (Å²) in [6.07, 6.45) is -3.22. The van der Waals surface area contributed by atoms with Gasteiger partial charge in [0.2, 0.25) is 0 Å². The van der Waals surface area contributed by atoms with Crippen LogP contribution < -0.4 is 0 Å². The monoisotopic (exact) mass is 381 g/mol. The number of hydrogen-bond acceptors (Lipinski definition) is 3. The van der Waals surface area contributed by atoms with Gasteiger partial charge in [0, 0.05) is 19.6 Å². The molecule has 0 bridgehead atoms. The van der Waals surface area contributed by atoms with E-state index in [2.05, 4.69) is 53.4 Å². The normalized spacial score (nSPS) is 17.3. The third kappa shape index (κ3) is 7.03. The molecule has 1 atom stereocenters. The molecule has 2 N–H and O–H groups in total. The molecule has 2 aromatic rings. The molecule has 1 fully saturated rings. The number of β-amino-alcohol motifs (C(OH)–C–C–N with tert-alkyl or cyclic N) is 1. The lowest BCUT2D eigenvalue weighted by atomic mass is 10.0. The molecule has 1 unspecified atom stereocenters. The zero-order chi connectivity index (χ0) is 19.9. The van der Waals surface area contributed by atoms with Crippen molar-refractivity contribution in [1.29, 1.82) is 0 Å². The maximum Gasteiger partial charge on any atom is 0.490 e. The molecule has 0 saturated carbocycles. The first-order chi connectivity index (χ1) is 12.8. The van der Waals surface area contributed by atoms with Gasteiger partial charge in [-0.3, -0.25) is 0 Å². The van der Waals surface area contributed by atoms with E-state index in [0.29, 0.717) is 0 Å². The fourth-order valence-electron chi connectivity index (χ4n) is 2.80. The van der Waals surface area contributed by atoms with Crippen LogP contribution >= 0.6 is 0 Å². The standard InChI is InChI=1S/C18H21NO.C2HF3O2/c20-18-11-13-19(14-18)12-10-15-6-8-17(9-7-15)16-4-2-1-3-5-16;3-2(4,5)1(6)7/h1-9,18,20H,10-14H2;(H,6,7). The van der Waals surface area contributed by atoms with Crippen LogP contribution in [0, 0.1) is 0 Å². The molecule has 0 amide bonds. The second-order valence-electron chi connectivity index (χ2n) is 6.36. The molecule has 0 aliphatic carbocycles. The number of halogens is 3. The average Bonchev–Trinajstić information content (AvgIpc) is 3.06. The molecule has 4 nitrogen and oxygen atoms in total. The van der Waals surface area contributed by atoms with Crippen LogP contribution in [-0.2, 0) is 11.2 Å². The molecular formula is C20H22F3NO3. The zero-order valence-corrected chi connectivity index (χ0v) is 14.7. The third-order valence-corrected chi connectivity index (χ3v) is 4.27. The van der Waals surface area contributed by atoms with Crippen molar-refractivity contribution in [2.24, 2.45) is 0 Å². The molecule has 1 aliphatic rings. The fourth-order valence-corrected chi connectivity index (χ4v) is 2.80. The lowest BCUT2D eigenvalue weighted by Crippen LogP contribution is -2.24. The Kier molecular flexibility index (Phi) is 7.38. The number of likely N-dealkylation sites (tertiary alicyclic amines) is 1. The Morgan fingerprint density at radius 1 is 1.04 bits per heavy atom. The van der Waals surface area contributed by atoms with Crippen molar-refractivity contribution >= 4 is 5.97 Å². The summed E-state index contributed by atoms with van der Waals surface area (Å²) in [5.74, 6) is -2.76. The summed E-state index contributed by atoms with van der Waals surface area (Å²) in [6, 6.07) is 19.3. The van der Waals surface area contributed by atoms with Crippen LogP contribution in [0.15, 0.2) is 54.6 Å². The summed E-state index contributed by atoms with van der Waals surface area (Å²) in [5, 5.41) is 16.6. The summed E-state index contributed by atoms with van der Waals surface area (Å²) in [5.41, 5.74) is 3.90. The first-order valence-electron chi connectivity index (χ1n) is 8.60. The number of carboxylic acids is 1. The van der Waals surface area contributed by atoms with Crippen molar-refractivity contribution < 1.29 is 28.2 Å². The Bertz CT molecular complexity index is 718. The SMILES string of the molecule is O=C(O)C(F)(F)F.OC1CCN(CCc2ccc(-c3ccccc3)cc2)C1. The molecule has 0 spiro atoms. The molecule has 2 aromatic carbocycles. The van der Waals surface area contributed by atoms with E-state index in [-0.39, 0.29) is 6.10 Å². The van der Waals surface area contributed by atoms with Crippen molar-refractivity contribution in [3.05, 3.63) is 60.2 Å². The van der Waals surface area contributed by atoms with Crippen molar-refractivity contribution in [3.8, 4) is 11.1 Å². The average molecular weight is 381 g/mol. The van der Waals surface area contributed by atoms with E-state index in [1.54, 1.807) is 0 Å². The highest BCUT2D eigenvalue weighted by molar-refractivity contribution is 5.73. The van der Waals surface area contributed by atoms with Crippen molar-refractivity contribution in [2.45, 2.75) is 25.1 Å². The van der Waals surface area contributed by atoms with Gasteiger partial charge in [0.1, 0.15) is 0 Å². The first kappa shape index (κ1) is 20.9.